The van der Waals surface area contributed by atoms with E-state index in [4.69, 9.17) is 0 Å². The third-order valence-electron chi connectivity index (χ3n) is 4.82. The minimum absolute atomic E-state index is 0.282. The van der Waals surface area contributed by atoms with Crippen molar-refractivity contribution in [3.63, 3.8) is 0 Å². The molecule has 1 heterocycles. The molecule has 1 fully saturated rings. The summed E-state index contributed by atoms with van der Waals surface area (Å²) in [6, 6.07) is 21.2. The first-order chi connectivity index (χ1) is 11.7. The Kier molecular flexibility index (Phi) is 5.65. The second-order valence-electron chi connectivity index (χ2n) is 6.63. The maximum atomic E-state index is 12.5. The van der Waals surface area contributed by atoms with Crippen molar-refractivity contribution in [1.82, 2.24) is 9.80 Å². The Morgan fingerprint density at radius 2 is 1.58 bits per heavy atom. The lowest BCUT2D eigenvalue weighted by atomic mass is 10.1. The highest BCUT2D eigenvalue weighted by atomic mass is 16.2. The Morgan fingerprint density at radius 3 is 2.21 bits per heavy atom. The number of carbonyl (C=O) groups excluding carboxylic acids is 1. The Labute approximate surface area is 144 Å². The summed E-state index contributed by atoms with van der Waals surface area (Å²) in [6.45, 7) is 5.81. The van der Waals surface area contributed by atoms with Gasteiger partial charge in [0.05, 0.1) is 0 Å². The fourth-order valence-corrected chi connectivity index (χ4v) is 3.33. The molecular weight excluding hydrogens is 296 g/mol. The van der Waals surface area contributed by atoms with Crippen molar-refractivity contribution in [2.75, 3.05) is 19.6 Å². The number of amides is 1. The van der Waals surface area contributed by atoms with Crippen LogP contribution >= 0.6 is 0 Å². The van der Waals surface area contributed by atoms with Crippen LogP contribution in [0.1, 0.15) is 24.5 Å². The third kappa shape index (κ3) is 4.45. The van der Waals surface area contributed by atoms with Crippen LogP contribution in [-0.4, -0.2) is 41.4 Å². The largest absolute Gasteiger partial charge is 0.340 e. The highest BCUT2D eigenvalue weighted by Gasteiger charge is 2.26. The molecule has 1 unspecified atom stereocenters. The molecule has 126 valence electrons. The van der Waals surface area contributed by atoms with Crippen LogP contribution in [0, 0.1) is 0 Å². The van der Waals surface area contributed by atoms with Crippen LogP contribution in [-0.2, 0) is 17.8 Å². The molecule has 0 saturated carbocycles. The molecule has 1 amide bonds. The van der Waals surface area contributed by atoms with Crippen molar-refractivity contribution in [1.29, 1.82) is 0 Å². The fraction of sp³-hybridized carbons (Fsp3) is 0.381. The Balaban J connectivity index is 1.48. The van der Waals surface area contributed by atoms with Gasteiger partial charge in [-0.05, 0) is 24.5 Å². The summed E-state index contributed by atoms with van der Waals surface area (Å²) >= 11 is 0. The molecule has 0 N–H and O–H groups in total. The maximum absolute atomic E-state index is 12.5. The SMILES string of the molecule is CC1CN(C(=O)CCc2ccccc2)CCN1Cc1ccccc1. The molecule has 1 atom stereocenters. The van der Waals surface area contributed by atoms with E-state index in [-0.39, 0.29) is 5.91 Å². The van der Waals surface area contributed by atoms with Gasteiger partial charge < -0.3 is 4.90 Å². The van der Waals surface area contributed by atoms with E-state index in [0.717, 1.165) is 32.6 Å². The van der Waals surface area contributed by atoms with Crippen molar-refractivity contribution in [2.24, 2.45) is 0 Å². The molecule has 1 aliphatic heterocycles. The van der Waals surface area contributed by atoms with Gasteiger partial charge in [-0.1, -0.05) is 60.7 Å². The summed E-state index contributed by atoms with van der Waals surface area (Å²) in [7, 11) is 0. The predicted octanol–water partition coefficient (Wildman–Crippen LogP) is 3.35. The van der Waals surface area contributed by atoms with Crippen LogP contribution < -0.4 is 0 Å². The topological polar surface area (TPSA) is 23.6 Å². The van der Waals surface area contributed by atoms with Crippen LogP contribution in [0.25, 0.3) is 0 Å². The Hall–Kier alpha value is -2.13. The van der Waals surface area contributed by atoms with Crippen LogP contribution in [0.15, 0.2) is 60.7 Å². The molecule has 1 aliphatic rings. The zero-order chi connectivity index (χ0) is 16.8. The maximum Gasteiger partial charge on any atom is 0.222 e. The number of hydrogen-bond acceptors (Lipinski definition) is 2. The van der Waals surface area contributed by atoms with Crippen molar-refractivity contribution in [3.05, 3.63) is 71.8 Å². The van der Waals surface area contributed by atoms with Gasteiger partial charge in [-0.2, -0.15) is 0 Å². The molecule has 0 bridgehead atoms. The number of rotatable bonds is 5. The number of nitrogens with zero attached hydrogens (tertiary/aromatic N) is 2. The highest BCUT2D eigenvalue weighted by Crippen LogP contribution is 2.15. The van der Waals surface area contributed by atoms with Crippen LogP contribution in [0.2, 0.25) is 0 Å². The third-order valence-corrected chi connectivity index (χ3v) is 4.82. The first kappa shape index (κ1) is 16.7. The average molecular weight is 322 g/mol. The second-order valence-corrected chi connectivity index (χ2v) is 6.63. The lowest BCUT2D eigenvalue weighted by molar-refractivity contribution is -0.134. The molecule has 2 aromatic rings. The standard InChI is InChI=1S/C21H26N2O/c1-18-16-23(21(24)13-12-19-8-4-2-5-9-19)15-14-22(18)17-20-10-6-3-7-11-20/h2-11,18H,12-17H2,1H3. The molecule has 0 radical (unpaired) electrons. The van der Waals surface area contributed by atoms with Crippen molar-refractivity contribution in [3.8, 4) is 0 Å². The predicted molar refractivity (Wildman–Crippen MR) is 97.7 cm³/mol. The molecular formula is C21H26N2O. The summed E-state index contributed by atoms with van der Waals surface area (Å²) in [5.74, 6) is 0.282. The molecule has 24 heavy (non-hydrogen) atoms. The van der Waals surface area contributed by atoms with E-state index < -0.39 is 0 Å². The minimum Gasteiger partial charge on any atom is -0.340 e. The smallest absolute Gasteiger partial charge is 0.222 e. The van der Waals surface area contributed by atoms with E-state index in [1.807, 2.05) is 23.1 Å². The number of benzene rings is 2. The number of aryl methyl sites for hydroxylation is 1. The number of carbonyl (C=O) groups is 1. The van der Waals surface area contributed by atoms with Crippen LogP contribution in [0.3, 0.4) is 0 Å². The number of piperazine rings is 1. The van der Waals surface area contributed by atoms with Crippen molar-refractivity contribution in [2.45, 2.75) is 32.4 Å². The lowest BCUT2D eigenvalue weighted by Gasteiger charge is -2.40. The van der Waals surface area contributed by atoms with Gasteiger partial charge in [-0.25, -0.2) is 0 Å². The minimum atomic E-state index is 0.282. The van der Waals surface area contributed by atoms with Gasteiger partial charge in [0.1, 0.15) is 0 Å². The van der Waals surface area contributed by atoms with E-state index >= 15 is 0 Å². The van der Waals surface area contributed by atoms with Gasteiger partial charge in [-0.3, -0.25) is 9.69 Å². The first-order valence-corrected chi connectivity index (χ1v) is 8.82. The Bertz CT molecular complexity index is 641. The molecule has 0 spiro atoms. The van der Waals surface area contributed by atoms with E-state index in [1.54, 1.807) is 0 Å². The van der Waals surface area contributed by atoms with E-state index in [0.29, 0.717) is 12.5 Å². The van der Waals surface area contributed by atoms with E-state index in [1.165, 1.54) is 11.1 Å². The van der Waals surface area contributed by atoms with E-state index in [2.05, 4.69) is 54.3 Å². The number of hydrogen-bond donors (Lipinski definition) is 0. The van der Waals surface area contributed by atoms with Gasteiger partial charge in [-0.15, -0.1) is 0 Å². The van der Waals surface area contributed by atoms with Gasteiger partial charge >= 0.3 is 0 Å². The molecule has 0 aromatic heterocycles. The molecule has 3 heteroatoms. The summed E-state index contributed by atoms with van der Waals surface area (Å²) in [5, 5.41) is 0. The summed E-state index contributed by atoms with van der Waals surface area (Å²) in [5.41, 5.74) is 2.58. The molecule has 0 aliphatic carbocycles. The fourth-order valence-electron chi connectivity index (χ4n) is 3.33. The molecule has 1 saturated heterocycles. The molecule has 3 rings (SSSR count). The van der Waals surface area contributed by atoms with Crippen molar-refractivity contribution < 1.29 is 4.79 Å². The van der Waals surface area contributed by atoms with Crippen molar-refractivity contribution >= 4 is 5.91 Å². The summed E-state index contributed by atoms with van der Waals surface area (Å²) in [6.07, 6.45) is 1.44. The van der Waals surface area contributed by atoms with E-state index in [9.17, 15) is 4.79 Å². The van der Waals surface area contributed by atoms with Gasteiger partial charge in [0.25, 0.3) is 0 Å². The lowest BCUT2D eigenvalue weighted by Crippen LogP contribution is -2.53. The summed E-state index contributed by atoms with van der Waals surface area (Å²) < 4.78 is 0. The zero-order valence-electron chi connectivity index (χ0n) is 14.4. The molecule has 2 aromatic carbocycles. The Morgan fingerprint density at radius 1 is 0.958 bits per heavy atom. The van der Waals surface area contributed by atoms with Gasteiger partial charge in [0, 0.05) is 38.6 Å². The monoisotopic (exact) mass is 322 g/mol. The average Bonchev–Trinajstić information content (AvgIpc) is 2.63. The quantitative estimate of drug-likeness (QED) is 0.843. The van der Waals surface area contributed by atoms with Crippen LogP contribution in [0.5, 0.6) is 0 Å². The second kappa shape index (κ2) is 8.11. The normalized spacial score (nSPS) is 18.5. The summed E-state index contributed by atoms with van der Waals surface area (Å²) in [4.78, 5) is 17.0. The van der Waals surface area contributed by atoms with Gasteiger partial charge in [0.15, 0.2) is 0 Å². The zero-order valence-corrected chi connectivity index (χ0v) is 14.4. The first-order valence-electron chi connectivity index (χ1n) is 8.82. The van der Waals surface area contributed by atoms with Crippen LogP contribution in [0.4, 0.5) is 0 Å². The molecule has 3 nitrogen and oxygen atoms in total. The van der Waals surface area contributed by atoms with Gasteiger partial charge in [0.2, 0.25) is 5.91 Å². The highest BCUT2D eigenvalue weighted by molar-refractivity contribution is 5.76.